The molecule has 0 unspecified atom stereocenters. The van der Waals surface area contributed by atoms with Gasteiger partial charge in [0.1, 0.15) is 5.75 Å². The molecule has 1 amide bonds. The Bertz CT molecular complexity index is 602. The fraction of sp³-hybridized carbons (Fsp3) is 0.375. The molecule has 112 valence electrons. The van der Waals surface area contributed by atoms with E-state index in [9.17, 15) is 4.79 Å². The molecule has 1 heterocycles. The summed E-state index contributed by atoms with van der Waals surface area (Å²) in [6.45, 7) is 6.94. The third-order valence-electron chi connectivity index (χ3n) is 2.92. The zero-order chi connectivity index (χ0) is 15.2. The molecule has 21 heavy (non-hydrogen) atoms. The molecule has 0 saturated carbocycles. The van der Waals surface area contributed by atoms with Gasteiger partial charge in [-0.25, -0.2) is 4.98 Å². The van der Waals surface area contributed by atoms with Gasteiger partial charge in [0.25, 0.3) is 0 Å². The Morgan fingerprint density at radius 3 is 2.57 bits per heavy atom. The highest BCUT2D eigenvalue weighted by molar-refractivity contribution is 7.11. The van der Waals surface area contributed by atoms with E-state index in [0.717, 1.165) is 26.8 Å². The molecular weight excluding hydrogens is 284 g/mol. The van der Waals surface area contributed by atoms with Crippen LogP contribution in [-0.2, 0) is 11.3 Å². The van der Waals surface area contributed by atoms with Crippen LogP contribution >= 0.6 is 11.3 Å². The highest BCUT2D eigenvalue weighted by Crippen LogP contribution is 2.16. The van der Waals surface area contributed by atoms with E-state index in [1.807, 2.05) is 32.9 Å². The van der Waals surface area contributed by atoms with Crippen LogP contribution in [0.5, 0.6) is 5.75 Å². The van der Waals surface area contributed by atoms with Crippen molar-refractivity contribution < 1.29 is 9.53 Å². The second kappa shape index (κ2) is 7.22. The number of thiazole rings is 1. The molecule has 1 aromatic heterocycles. The van der Waals surface area contributed by atoms with Crippen molar-refractivity contribution in [2.24, 2.45) is 0 Å². The third-order valence-corrected chi connectivity index (χ3v) is 3.83. The number of carbonyl (C=O) groups excluding carboxylic acids is 1. The van der Waals surface area contributed by atoms with E-state index < -0.39 is 0 Å². The molecule has 0 atom stereocenters. The Kier molecular flexibility index (Phi) is 5.33. The van der Waals surface area contributed by atoms with Crippen LogP contribution in [0.15, 0.2) is 24.4 Å². The topological polar surface area (TPSA) is 51.2 Å². The number of ether oxygens (including phenoxy) is 1. The number of hydrogen-bond acceptors (Lipinski definition) is 4. The average Bonchev–Trinajstić information content (AvgIpc) is 2.81. The molecule has 0 radical (unpaired) electrons. The molecule has 0 bridgehead atoms. The van der Waals surface area contributed by atoms with Gasteiger partial charge in [0.2, 0.25) is 5.91 Å². The van der Waals surface area contributed by atoms with Crippen LogP contribution < -0.4 is 10.1 Å². The number of nitrogens with zero attached hydrogens (tertiary/aromatic N) is 1. The van der Waals surface area contributed by atoms with Crippen molar-refractivity contribution >= 4 is 17.2 Å². The molecule has 0 aliphatic carbocycles. The van der Waals surface area contributed by atoms with Gasteiger partial charge in [0.05, 0.1) is 24.6 Å². The van der Waals surface area contributed by atoms with E-state index in [2.05, 4.69) is 16.4 Å². The maximum absolute atomic E-state index is 11.7. The molecule has 0 spiro atoms. The van der Waals surface area contributed by atoms with Crippen LogP contribution in [0.1, 0.15) is 27.4 Å². The highest BCUT2D eigenvalue weighted by atomic mass is 32.1. The van der Waals surface area contributed by atoms with E-state index in [1.165, 1.54) is 0 Å². The first-order chi connectivity index (χ1) is 10.0. The van der Waals surface area contributed by atoms with Crippen molar-refractivity contribution in [3.05, 3.63) is 45.4 Å². The molecule has 1 aromatic carbocycles. The van der Waals surface area contributed by atoms with Crippen molar-refractivity contribution in [2.45, 2.75) is 33.7 Å². The molecule has 2 rings (SSSR count). The van der Waals surface area contributed by atoms with E-state index in [-0.39, 0.29) is 5.91 Å². The van der Waals surface area contributed by atoms with Crippen LogP contribution in [0.3, 0.4) is 0 Å². The molecule has 2 aromatic rings. The maximum atomic E-state index is 11.7. The minimum absolute atomic E-state index is 0.00886. The average molecular weight is 304 g/mol. The summed E-state index contributed by atoms with van der Waals surface area (Å²) >= 11 is 1.60. The Balaban J connectivity index is 1.71. The van der Waals surface area contributed by atoms with Crippen LogP contribution in [0.4, 0.5) is 0 Å². The summed E-state index contributed by atoms with van der Waals surface area (Å²) in [6, 6.07) is 6.05. The fourth-order valence-corrected chi connectivity index (χ4v) is 2.77. The Morgan fingerprint density at radius 2 is 1.95 bits per heavy atom. The SMILES string of the molecule is Cc1cc(C)cc(OCCC(=O)NCc2cnc(C)s2)c1. The van der Waals surface area contributed by atoms with Crippen LogP contribution in [0.2, 0.25) is 0 Å². The number of aryl methyl sites for hydroxylation is 3. The summed E-state index contributed by atoms with van der Waals surface area (Å²) in [5.74, 6) is 0.809. The normalized spacial score (nSPS) is 10.4. The highest BCUT2D eigenvalue weighted by Gasteiger charge is 2.04. The van der Waals surface area contributed by atoms with Crippen LogP contribution in [-0.4, -0.2) is 17.5 Å². The van der Waals surface area contributed by atoms with E-state index in [0.29, 0.717) is 19.6 Å². The monoisotopic (exact) mass is 304 g/mol. The first-order valence-electron chi connectivity index (χ1n) is 6.92. The summed E-state index contributed by atoms with van der Waals surface area (Å²) in [5.41, 5.74) is 2.32. The van der Waals surface area contributed by atoms with E-state index in [1.54, 1.807) is 17.5 Å². The molecule has 4 nitrogen and oxygen atoms in total. The molecule has 0 saturated heterocycles. The molecule has 1 N–H and O–H groups in total. The molecule has 0 fully saturated rings. The number of benzene rings is 1. The van der Waals surface area contributed by atoms with Gasteiger partial charge in [-0.15, -0.1) is 11.3 Å². The zero-order valence-electron chi connectivity index (χ0n) is 12.6. The number of aromatic nitrogens is 1. The lowest BCUT2D eigenvalue weighted by Gasteiger charge is -2.08. The second-order valence-corrected chi connectivity index (χ2v) is 6.36. The van der Waals surface area contributed by atoms with Gasteiger partial charge in [-0.1, -0.05) is 6.07 Å². The fourth-order valence-electron chi connectivity index (χ4n) is 2.04. The van der Waals surface area contributed by atoms with Crippen molar-refractivity contribution in [1.82, 2.24) is 10.3 Å². The summed E-state index contributed by atoms with van der Waals surface area (Å²) in [7, 11) is 0. The van der Waals surface area contributed by atoms with Gasteiger partial charge in [0.15, 0.2) is 0 Å². The third kappa shape index (κ3) is 5.19. The van der Waals surface area contributed by atoms with Crippen molar-refractivity contribution in [3.63, 3.8) is 0 Å². The number of nitrogens with one attached hydrogen (secondary N) is 1. The quantitative estimate of drug-likeness (QED) is 0.892. The number of hydrogen-bond donors (Lipinski definition) is 1. The van der Waals surface area contributed by atoms with Gasteiger partial charge in [-0.2, -0.15) is 0 Å². The summed E-state index contributed by atoms with van der Waals surface area (Å²) in [5, 5.41) is 3.88. The Hall–Kier alpha value is -1.88. The van der Waals surface area contributed by atoms with E-state index >= 15 is 0 Å². The smallest absolute Gasteiger partial charge is 0.223 e. The Morgan fingerprint density at radius 1 is 1.24 bits per heavy atom. The lowest BCUT2D eigenvalue weighted by Crippen LogP contribution is -2.24. The molecular formula is C16H20N2O2S. The zero-order valence-corrected chi connectivity index (χ0v) is 13.4. The largest absolute Gasteiger partial charge is 0.493 e. The predicted molar refractivity (Wildman–Crippen MR) is 84.7 cm³/mol. The van der Waals surface area contributed by atoms with Crippen LogP contribution in [0.25, 0.3) is 0 Å². The number of rotatable bonds is 6. The maximum Gasteiger partial charge on any atom is 0.223 e. The lowest BCUT2D eigenvalue weighted by atomic mass is 10.1. The molecule has 0 aliphatic rings. The number of carbonyl (C=O) groups is 1. The number of amides is 1. The van der Waals surface area contributed by atoms with Gasteiger partial charge in [0, 0.05) is 11.1 Å². The van der Waals surface area contributed by atoms with Gasteiger partial charge in [-0.3, -0.25) is 4.79 Å². The van der Waals surface area contributed by atoms with Crippen LogP contribution in [0, 0.1) is 20.8 Å². The van der Waals surface area contributed by atoms with Gasteiger partial charge >= 0.3 is 0 Å². The minimum atomic E-state index is -0.00886. The molecule has 5 heteroatoms. The summed E-state index contributed by atoms with van der Waals surface area (Å²) < 4.78 is 5.62. The minimum Gasteiger partial charge on any atom is -0.493 e. The molecule has 0 aliphatic heterocycles. The predicted octanol–water partition coefficient (Wildman–Crippen LogP) is 3.15. The Labute approximate surface area is 129 Å². The van der Waals surface area contributed by atoms with Gasteiger partial charge in [-0.05, 0) is 44.0 Å². The standard InChI is InChI=1S/C16H20N2O2S/c1-11-6-12(2)8-14(7-11)20-5-4-16(19)18-10-15-9-17-13(3)21-15/h6-9H,4-5,10H2,1-3H3,(H,18,19). The summed E-state index contributed by atoms with van der Waals surface area (Å²) in [6.07, 6.45) is 2.15. The van der Waals surface area contributed by atoms with E-state index in [4.69, 9.17) is 4.74 Å². The lowest BCUT2D eigenvalue weighted by molar-refractivity contribution is -0.121. The van der Waals surface area contributed by atoms with Gasteiger partial charge < -0.3 is 10.1 Å². The first kappa shape index (κ1) is 15.5. The van der Waals surface area contributed by atoms with Crippen molar-refractivity contribution in [2.75, 3.05) is 6.61 Å². The van der Waals surface area contributed by atoms with Crippen molar-refractivity contribution in [1.29, 1.82) is 0 Å². The van der Waals surface area contributed by atoms with Crippen molar-refractivity contribution in [3.8, 4) is 5.75 Å². The second-order valence-electron chi connectivity index (χ2n) is 5.04. The summed E-state index contributed by atoms with van der Waals surface area (Å²) in [4.78, 5) is 17.0. The first-order valence-corrected chi connectivity index (χ1v) is 7.73.